The molecule has 1 atom stereocenters. The van der Waals surface area contributed by atoms with E-state index in [-0.39, 0.29) is 11.8 Å². The number of nitrogens with one attached hydrogen (secondary N) is 1. The van der Waals surface area contributed by atoms with Crippen LogP contribution in [0.15, 0.2) is 11.5 Å². The molecule has 0 spiro atoms. The Balaban J connectivity index is 2.02. The van der Waals surface area contributed by atoms with Crippen molar-refractivity contribution in [3.8, 4) is 0 Å². The molecule has 0 aliphatic carbocycles. The quantitative estimate of drug-likeness (QED) is 0.853. The zero-order chi connectivity index (χ0) is 10.9. The number of sulfone groups is 1. The van der Waals surface area contributed by atoms with E-state index in [1.807, 2.05) is 6.92 Å². The molecule has 1 aromatic rings. The standard InChI is InChI=1S/C8H11N3O2S2/c1-2-7-10-8(14-11-7)9-6-3-4-15(12,13)5-6/h3-4,6H,2,5H2,1H3,(H,9,10,11). The second-order valence-corrected chi connectivity index (χ2v) is 5.96. The first-order chi connectivity index (χ1) is 7.09. The van der Waals surface area contributed by atoms with E-state index in [0.29, 0.717) is 5.13 Å². The maximum absolute atomic E-state index is 11.1. The largest absolute Gasteiger partial charge is 0.353 e. The van der Waals surface area contributed by atoms with Crippen molar-refractivity contribution in [3.63, 3.8) is 0 Å². The Bertz CT molecular complexity index is 478. The van der Waals surface area contributed by atoms with Crippen LogP contribution in [-0.4, -0.2) is 29.6 Å². The van der Waals surface area contributed by atoms with Gasteiger partial charge < -0.3 is 5.32 Å². The van der Waals surface area contributed by atoms with Crippen LogP contribution in [0.3, 0.4) is 0 Å². The number of nitrogens with zero attached hydrogens (tertiary/aromatic N) is 2. The monoisotopic (exact) mass is 245 g/mol. The van der Waals surface area contributed by atoms with Gasteiger partial charge in [-0.1, -0.05) is 6.92 Å². The average Bonchev–Trinajstić information content (AvgIpc) is 2.73. The third kappa shape index (κ3) is 2.54. The highest BCUT2D eigenvalue weighted by atomic mass is 32.2. The fourth-order valence-corrected chi connectivity index (χ4v) is 3.23. The molecule has 2 rings (SSSR count). The number of aromatic nitrogens is 2. The van der Waals surface area contributed by atoms with Gasteiger partial charge in [0.25, 0.3) is 0 Å². The predicted octanol–water partition coefficient (Wildman–Crippen LogP) is 0.823. The van der Waals surface area contributed by atoms with Crippen molar-refractivity contribution in [2.75, 3.05) is 11.1 Å². The Labute approximate surface area is 92.3 Å². The second kappa shape index (κ2) is 3.90. The summed E-state index contributed by atoms with van der Waals surface area (Å²) in [7, 11) is -3.00. The highest BCUT2D eigenvalue weighted by Gasteiger charge is 2.22. The van der Waals surface area contributed by atoms with Crippen LogP contribution in [-0.2, 0) is 16.3 Å². The molecule has 0 fully saturated rings. The Morgan fingerprint density at radius 1 is 1.67 bits per heavy atom. The summed E-state index contributed by atoms with van der Waals surface area (Å²) in [5.74, 6) is 0.890. The van der Waals surface area contributed by atoms with Gasteiger partial charge in [0, 0.05) is 23.4 Å². The number of hydrogen-bond acceptors (Lipinski definition) is 6. The van der Waals surface area contributed by atoms with E-state index in [4.69, 9.17) is 0 Å². The lowest BCUT2D eigenvalue weighted by molar-refractivity contribution is 0.605. The zero-order valence-electron chi connectivity index (χ0n) is 8.17. The van der Waals surface area contributed by atoms with E-state index in [1.54, 1.807) is 6.08 Å². The molecule has 1 N–H and O–H groups in total. The van der Waals surface area contributed by atoms with E-state index in [9.17, 15) is 8.42 Å². The summed E-state index contributed by atoms with van der Waals surface area (Å²) in [5.41, 5.74) is 0. The third-order valence-corrected chi connectivity index (χ3v) is 4.10. The van der Waals surface area contributed by atoms with Gasteiger partial charge in [-0.15, -0.1) is 0 Å². The van der Waals surface area contributed by atoms with Crippen molar-refractivity contribution in [1.82, 2.24) is 9.36 Å². The van der Waals surface area contributed by atoms with E-state index >= 15 is 0 Å². The molecule has 0 saturated carbocycles. The molecule has 0 aromatic carbocycles. The summed E-state index contributed by atoms with van der Waals surface area (Å²) in [6.07, 6.45) is 2.43. The van der Waals surface area contributed by atoms with Gasteiger partial charge in [0.2, 0.25) is 5.13 Å². The molecule has 82 valence electrons. The molecule has 5 nitrogen and oxygen atoms in total. The fraction of sp³-hybridized carbons (Fsp3) is 0.500. The van der Waals surface area contributed by atoms with Gasteiger partial charge in [-0.3, -0.25) is 0 Å². The van der Waals surface area contributed by atoms with Crippen molar-refractivity contribution >= 4 is 26.5 Å². The summed E-state index contributed by atoms with van der Waals surface area (Å²) < 4.78 is 26.4. The van der Waals surface area contributed by atoms with Gasteiger partial charge in [-0.2, -0.15) is 4.37 Å². The molecule has 0 radical (unpaired) electrons. The maximum Gasteiger partial charge on any atom is 0.203 e. The minimum absolute atomic E-state index is 0.105. The molecule has 15 heavy (non-hydrogen) atoms. The zero-order valence-corrected chi connectivity index (χ0v) is 9.81. The summed E-state index contributed by atoms with van der Waals surface area (Å²) >= 11 is 1.26. The van der Waals surface area contributed by atoms with Crippen LogP contribution < -0.4 is 5.32 Å². The Kier molecular flexibility index (Phi) is 2.74. The third-order valence-electron chi connectivity index (χ3n) is 2.02. The number of hydrogen-bond donors (Lipinski definition) is 1. The fourth-order valence-electron chi connectivity index (χ4n) is 1.28. The first-order valence-electron chi connectivity index (χ1n) is 4.59. The van der Waals surface area contributed by atoms with Crippen molar-refractivity contribution in [3.05, 3.63) is 17.3 Å². The molecule has 1 aromatic heterocycles. The predicted molar refractivity (Wildman–Crippen MR) is 59.6 cm³/mol. The topological polar surface area (TPSA) is 72.0 Å². The number of aryl methyl sites for hydroxylation is 1. The molecule has 1 unspecified atom stereocenters. The molecule has 1 aliphatic heterocycles. The minimum Gasteiger partial charge on any atom is -0.353 e. The van der Waals surface area contributed by atoms with Gasteiger partial charge in [-0.05, 0) is 6.08 Å². The lowest BCUT2D eigenvalue weighted by Gasteiger charge is -2.06. The van der Waals surface area contributed by atoms with Gasteiger partial charge in [0.1, 0.15) is 5.82 Å². The second-order valence-electron chi connectivity index (χ2n) is 3.28. The molecule has 0 bridgehead atoms. The van der Waals surface area contributed by atoms with Crippen LogP contribution in [0.1, 0.15) is 12.7 Å². The summed E-state index contributed by atoms with van der Waals surface area (Å²) in [5, 5.41) is 4.95. The molecular formula is C8H11N3O2S2. The maximum atomic E-state index is 11.1. The van der Waals surface area contributed by atoms with Crippen LogP contribution in [0, 0.1) is 0 Å². The van der Waals surface area contributed by atoms with Crippen molar-refractivity contribution in [2.24, 2.45) is 0 Å². The summed E-state index contributed by atoms with van der Waals surface area (Å²) in [6, 6.07) is -0.173. The minimum atomic E-state index is -3.00. The number of rotatable bonds is 3. The Morgan fingerprint density at radius 2 is 2.47 bits per heavy atom. The van der Waals surface area contributed by atoms with E-state index in [2.05, 4.69) is 14.7 Å². The highest BCUT2D eigenvalue weighted by molar-refractivity contribution is 7.94. The van der Waals surface area contributed by atoms with Gasteiger partial charge in [0.15, 0.2) is 9.84 Å². The molecule has 1 aliphatic rings. The Morgan fingerprint density at radius 3 is 3.00 bits per heavy atom. The van der Waals surface area contributed by atoms with Crippen LogP contribution >= 0.6 is 11.5 Å². The lowest BCUT2D eigenvalue weighted by atomic mass is 10.3. The van der Waals surface area contributed by atoms with E-state index in [0.717, 1.165) is 12.2 Å². The van der Waals surface area contributed by atoms with Crippen molar-refractivity contribution in [2.45, 2.75) is 19.4 Å². The molecule has 7 heteroatoms. The normalized spacial score (nSPS) is 23.1. The number of anilines is 1. The lowest BCUT2D eigenvalue weighted by Crippen LogP contribution is -2.20. The van der Waals surface area contributed by atoms with Crippen molar-refractivity contribution in [1.29, 1.82) is 0 Å². The first-order valence-corrected chi connectivity index (χ1v) is 7.08. The van der Waals surface area contributed by atoms with Crippen molar-refractivity contribution < 1.29 is 8.42 Å². The molecule has 2 heterocycles. The van der Waals surface area contributed by atoms with Crippen LogP contribution in [0.2, 0.25) is 0 Å². The average molecular weight is 245 g/mol. The van der Waals surface area contributed by atoms with E-state index < -0.39 is 9.84 Å². The van der Waals surface area contributed by atoms with Crippen LogP contribution in [0.5, 0.6) is 0 Å². The summed E-state index contributed by atoms with van der Waals surface area (Å²) in [4.78, 5) is 4.21. The molecule has 0 saturated heterocycles. The van der Waals surface area contributed by atoms with Crippen LogP contribution in [0.25, 0.3) is 0 Å². The molecular weight excluding hydrogens is 234 g/mol. The van der Waals surface area contributed by atoms with Gasteiger partial charge in [0.05, 0.1) is 11.8 Å². The van der Waals surface area contributed by atoms with Gasteiger partial charge >= 0.3 is 0 Å². The highest BCUT2D eigenvalue weighted by Crippen LogP contribution is 2.17. The van der Waals surface area contributed by atoms with Crippen LogP contribution in [0.4, 0.5) is 5.13 Å². The molecule has 0 amide bonds. The van der Waals surface area contributed by atoms with E-state index in [1.165, 1.54) is 16.9 Å². The Hall–Kier alpha value is -0.950. The first kappa shape index (κ1) is 10.6. The SMILES string of the molecule is CCc1nsc(NC2C=CS(=O)(=O)C2)n1. The smallest absolute Gasteiger partial charge is 0.203 e. The van der Waals surface area contributed by atoms with Gasteiger partial charge in [-0.25, -0.2) is 13.4 Å². The summed E-state index contributed by atoms with van der Waals surface area (Å²) in [6.45, 7) is 1.98.